The summed E-state index contributed by atoms with van der Waals surface area (Å²) in [7, 11) is -3.43. The molecule has 1 heterocycles. The molecule has 0 saturated carbocycles. The van der Waals surface area contributed by atoms with Crippen LogP contribution in [0.25, 0.3) is 0 Å². The summed E-state index contributed by atoms with van der Waals surface area (Å²) in [6.45, 7) is 2.62. The molecule has 0 aliphatic carbocycles. The molecule has 3 aromatic rings. The Labute approximate surface area is 188 Å². The van der Waals surface area contributed by atoms with Gasteiger partial charge in [-0.25, -0.2) is 8.42 Å². The highest BCUT2D eigenvalue weighted by molar-refractivity contribution is 7.90. The first-order valence-electron chi connectivity index (χ1n) is 10.3. The van der Waals surface area contributed by atoms with Gasteiger partial charge < -0.3 is 4.90 Å². The monoisotopic (exact) mass is 453 g/mol. The molecule has 0 radical (unpaired) electrons. The van der Waals surface area contributed by atoms with Crippen molar-refractivity contribution in [2.45, 2.75) is 36.5 Å². The maximum absolute atomic E-state index is 13.1. The van der Waals surface area contributed by atoms with Crippen molar-refractivity contribution in [1.82, 2.24) is 4.90 Å². The van der Waals surface area contributed by atoms with Gasteiger partial charge in [0.25, 0.3) is 5.91 Å². The average Bonchev–Trinajstić information content (AvgIpc) is 3.24. The molecule has 0 aromatic heterocycles. The summed E-state index contributed by atoms with van der Waals surface area (Å²) in [5.41, 5.74) is 3.32. The van der Waals surface area contributed by atoms with Gasteiger partial charge in [0.15, 0.2) is 9.84 Å². The molecule has 1 fully saturated rings. The first kappa shape index (κ1) is 21.6. The number of carbonyl (C=O) groups is 1. The number of rotatable bonds is 5. The van der Waals surface area contributed by atoms with Gasteiger partial charge in [-0.3, -0.25) is 4.79 Å². The smallest absolute Gasteiger partial charge is 0.254 e. The maximum Gasteiger partial charge on any atom is 0.254 e. The maximum atomic E-state index is 13.1. The zero-order valence-corrected chi connectivity index (χ0v) is 18.9. The van der Waals surface area contributed by atoms with Crippen LogP contribution in [-0.4, -0.2) is 25.8 Å². The number of aryl methyl sites for hydroxylation is 1. The van der Waals surface area contributed by atoms with Gasteiger partial charge in [-0.15, -0.1) is 0 Å². The van der Waals surface area contributed by atoms with Gasteiger partial charge in [0.05, 0.1) is 16.7 Å². The molecule has 160 valence electrons. The molecule has 1 saturated heterocycles. The summed E-state index contributed by atoms with van der Waals surface area (Å²) < 4.78 is 25.4. The zero-order chi connectivity index (χ0) is 22.0. The van der Waals surface area contributed by atoms with E-state index in [1.165, 1.54) is 0 Å². The zero-order valence-electron chi connectivity index (χ0n) is 17.3. The minimum Gasteiger partial charge on any atom is -0.332 e. The average molecular weight is 454 g/mol. The Hall–Kier alpha value is -2.63. The van der Waals surface area contributed by atoms with E-state index in [0.717, 1.165) is 24.0 Å². The number of carbonyl (C=O) groups excluding carboxylic acids is 1. The lowest BCUT2D eigenvalue weighted by molar-refractivity contribution is 0.0735. The minimum atomic E-state index is -3.43. The van der Waals surface area contributed by atoms with E-state index >= 15 is 0 Å². The Morgan fingerprint density at radius 3 is 2.26 bits per heavy atom. The summed E-state index contributed by atoms with van der Waals surface area (Å²) >= 11 is 6.00. The number of amides is 1. The largest absolute Gasteiger partial charge is 0.332 e. The van der Waals surface area contributed by atoms with Crippen LogP contribution in [-0.2, 0) is 15.6 Å². The lowest BCUT2D eigenvalue weighted by atomic mass is 10.0. The van der Waals surface area contributed by atoms with E-state index in [2.05, 4.69) is 0 Å². The molecule has 0 N–H and O–H groups in total. The first-order valence-corrected chi connectivity index (χ1v) is 12.3. The standard InChI is InChI=1S/C25H24ClNO3S/c1-18-4-14-23(15-5-18)31(29,30)17-19-6-8-21(9-7-19)25(28)27-16-2-3-24(27)20-10-12-22(26)13-11-20/h4-15,24H,2-3,16-17H2,1H3. The molecule has 4 rings (SSSR count). The van der Waals surface area contributed by atoms with Gasteiger partial charge in [0, 0.05) is 17.1 Å². The molecule has 0 spiro atoms. The molecule has 1 unspecified atom stereocenters. The van der Waals surface area contributed by atoms with E-state index in [-0.39, 0.29) is 17.7 Å². The van der Waals surface area contributed by atoms with E-state index in [1.807, 2.05) is 36.1 Å². The third kappa shape index (κ3) is 4.83. The van der Waals surface area contributed by atoms with Gasteiger partial charge in [0.1, 0.15) is 0 Å². The normalized spacial score (nSPS) is 16.5. The highest BCUT2D eigenvalue weighted by Crippen LogP contribution is 2.33. The summed E-state index contributed by atoms with van der Waals surface area (Å²) in [5, 5.41) is 0.677. The van der Waals surface area contributed by atoms with E-state index in [9.17, 15) is 13.2 Å². The number of halogens is 1. The quantitative estimate of drug-likeness (QED) is 0.505. The molecule has 3 aromatic carbocycles. The molecular formula is C25H24ClNO3S. The molecule has 4 nitrogen and oxygen atoms in total. The summed E-state index contributed by atoms with van der Waals surface area (Å²) in [5.74, 6) is -0.132. The van der Waals surface area contributed by atoms with Crippen LogP contribution in [0.5, 0.6) is 0 Å². The van der Waals surface area contributed by atoms with Crippen LogP contribution >= 0.6 is 11.6 Å². The summed E-state index contributed by atoms with van der Waals surface area (Å²) in [6, 6.07) is 21.4. The van der Waals surface area contributed by atoms with Crippen molar-refractivity contribution in [3.05, 3.63) is 100 Å². The number of likely N-dealkylation sites (tertiary alicyclic amines) is 1. The van der Waals surface area contributed by atoms with E-state index in [0.29, 0.717) is 27.6 Å². The van der Waals surface area contributed by atoms with Crippen LogP contribution in [0.15, 0.2) is 77.7 Å². The number of hydrogen-bond acceptors (Lipinski definition) is 3. The minimum absolute atomic E-state index is 0.0337. The van der Waals surface area contributed by atoms with Crippen molar-refractivity contribution in [3.63, 3.8) is 0 Å². The highest BCUT2D eigenvalue weighted by atomic mass is 35.5. The van der Waals surface area contributed by atoms with Crippen molar-refractivity contribution in [3.8, 4) is 0 Å². The van der Waals surface area contributed by atoms with Crippen LogP contribution in [0, 0.1) is 6.92 Å². The van der Waals surface area contributed by atoms with Crippen LogP contribution in [0.1, 0.15) is 45.9 Å². The fourth-order valence-electron chi connectivity index (χ4n) is 4.00. The van der Waals surface area contributed by atoms with Gasteiger partial charge in [-0.05, 0) is 67.3 Å². The number of benzene rings is 3. The molecule has 31 heavy (non-hydrogen) atoms. The highest BCUT2D eigenvalue weighted by Gasteiger charge is 2.30. The van der Waals surface area contributed by atoms with E-state index in [1.54, 1.807) is 48.5 Å². The van der Waals surface area contributed by atoms with Gasteiger partial charge in [-0.1, -0.05) is 53.6 Å². The SMILES string of the molecule is Cc1ccc(S(=O)(=O)Cc2ccc(C(=O)N3CCCC3c3ccc(Cl)cc3)cc2)cc1. The van der Waals surface area contributed by atoms with Crippen LogP contribution in [0.4, 0.5) is 0 Å². The number of nitrogens with zero attached hydrogens (tertiary/aromatic N) is 1. The lowest BCUT2D eigenvalue weighted by Crippen LogP contribution is -2.30. The Balaban J connectivity index is 1.49. The fraction of sp³-hybridized carbons (Fsp3) is 0.240. The van der Waals surface area contributed by atoms with Gasteiger partial charge in [-0.2, -0.15) is 0 Å². The Bertz CT molecular complexity index is 1170. The van der Waals surface area contributed by atoms with E-state index in [4.69, 9.17) is 11.6 Å². The Morgan fingerprint density at radius 2 is 1.61 bits per heavy atom. The second-order valence-corrected chi connectivity index (χ2v) is 10.4. The molecule has 0 bridgehead atoms. The second-order valence-electron chi connectivity index (χ2n) is 7.98. The molecular weight excluding hydrogens is 430 g/mol. The van der Waals surface area contributed by atoms with Crippen LogP contribution in [0.2, 0.25) is 5.02 Å². The predicted octanol–water partition coefficient (Wildman–Crippen LogP) is 5.60. The molecule has 1 aliphatic heterocycles. The van der Waals surface area contributed by atoms with Crippen LogP contribution in [0.3, 0.4) is 0 Å². The van der Waals surface area contributed by atoms with Crippen molar-refractivity contribution in [1.29, 1.82) is 0 Å². The third-order valence-electron chi connectivity index (χ3n) is 5.71. The summed E-state index contributed by atoms with van der Waals surface area (Å²) in [4.78, 5) is 15.3. The Kier molecular flexibility index (Phi) is 6.17. The second kappa shape index (κ2) is 8.85. The van der Waals surface area contributed by atoms with Crippen molar-refractivity contribution in [2.24, 2.45) is 0 Å². The van der Waals surface area contributed by atoms with Crippen LogP contribution < -0.4 is 0 Å². The lowest BCUT2D eigenvalue weighted by Gasteiger charge is -2.25. The van der Waals surface area contributed by atoms with Crippen molar-refractivity contribution >= 4 is 27.3 Å². The molecule has 1 aliphatic rings. The predicted molar refractivity (Wildman–Crippen MR) is 123 cm³/mol. The van der Waals surface area contributed by atoms with Crippen molar-refractivity contribution < 1.29 is 13.2 Å². The first-order chi connectivity index (χ1) is 14.8. The topological polar surface area (TPSA) is 54.5 Å². The molecule has 1 amide bonds. The number of sulfone groups is 1. The number of hydrogen-bond donors (Lipinski definition) is 0. The van der Waals surface area contributed by atoms with Gasteiger partial charge in [0.2, 0.25) is 0 Å². The van der Waals surface area contributed by atoms with Gasteiger partial charge >= 0.3 is 0 Å². The van der Waals surface area contributed by atoms with E-state index < -0.39 is 9.84 Å². The molecule has 1 atom stereocenters. The summed E-state index contributed by atoms with van der Waals surface area (Å²) in [6.07, 6.45) is 1.87. The fourth-order valence-corrected chi connectivity index (χ4v) is 5.47. The Morgan fingerprint density at radius 1 is 0.968 bits per heavy atom. The van der Waals surface area contributed by atoms with Crippen molar-refractivity contribution in [2.75, 3.05) is 6.54 Å². The third-order valence-corrected chi connectivity index (χ3v) is 7.66. The molecule has 6 heteroatoms.